The second kappa shape index (κ2) is 5.11. The second-order valence-electron chi connectivity index (χ2n) is 4.26. The van der Waals surface area contributed by atoms with Crippen molar-refractivity contribution in [3.8, 4) is 0 Å². The quantitative estimate of drug-likeness (QED) is 0.757. The van der Waals surface area contributed by atoms with Crippen LogP contribution in [0.1, 0.15) is 46.0 Å². The van der Waals surface area contributed by atoms with Crippen LogP contribution < -0.4 is 5.73 Å². The minimum Gasteiger partial charge on any atom is -0.328 e. The predicted molar refractivity (Wildman–Crippen MR) is 58.1 cm³/mol. The zero-order chi connectivity index (χ0) is 9.84. The van der Waals surface area contributed by atoms with Crippen LogP contribution in [0.2, 0.25) is 0 Å². The Balaban J connectivity index is 2.36. The molecule has 3 unspecified atom stereocenters. The van der Waals surface area contributed by atoms with Crippen molar-refractivity contribution in [2.75, 3.05) is 0 Å². The predicted octanol–water partition coefficient (Wildman–Crippen LogP) is 1.80. The highest BCUT2D eigenvalue weighted by molar-refractivity contribution is 7.86. The molecule has 0 bridgehead atoms. The summed E-state index contributed by atoms with van der Waals surface area (Å²) in [6, 6.07) is 0.181. The second-order valence-corrected chi connectivity index (χ2v) is 6.39. The van der Waals surface area contributed by atoms with Gasteiger partial charge in [-0.1, -0.05) is 19.8 Å². The van der Waals surface area contributed by atoms with Gasteiger partial charge < -0.3 is 5.73 Å². The van der Waals surface area contributed by atoms with E-state index >= 15 is 0 Å². The first-order valence-electron chi connectivity index (χ1n) is 5.26. The Morgan fingerprint density at radius 1 is 1.38 bits per heavy atom. The molecule has 1 aliphatic rings. The number of hydrogen-bond acceptors (Lipinski definition) is 2. The van der Waals surface area contributed by atoms with E-state index in [1.54, 1.807) is 0 Å². The van der Waals surface area contributed by atoms with Crippen molar-refractivity contribution < 1.29 is 4.21 Å². The number of hydrogen-bond donors (Lipinski definition) is 1. The molecule has 1 fully saturated rings. The van der Waals surface area contributed by atoms with Crippen LogP contribution in [-0.4, -0.2) is 20.8 Å². The highest BCUT2D eigenvalue weighted by atomic mass is 32.2. The lowest BCUT2D eigenvalue weighted by Gasteiger charge is -2.17. The van der Waals surface area contributed by atoms with Crippen molar-refractivity contribution in [3.63, 3.8) is 0 Å². The lowest BCUT2D eigenvalue weighted by molar-refractivity contribution is 0.618. The van der Waals surface area contributed by atoms with Gasteiger partial charge in [0.05, 0.1) is 0 Å². The van der Waals surface area contributed by atoms with Crippen LogP contribution in [0.25, 0.3) is 0 Å². The molecular formula is C10H21NOS. The molecule has 0 saturated heterocycles. The fourth-order valence-electron chi connectivity index (χ4n) is 2.07. The monoisotopic (exact) mass is 203 g/mol. The lowest BCUT2D eigenvalue weighted by Crippen LogP contribution is -2.28. The highest BCUT2D eigenvalue weighted by Crippen LogP contribution is 2.25. The Morgan fingerprint density at radius 2 is 1.92 bits per heavy atom. The van der Waals surface area contributed by atoms with Gasteiger partial charge in [0.25, 0.3) is 0 Å². The number of nitrogens with two attached hydrogens (primary N) is 1. The molecule has 2 nitrogen and oxygen atoms in total. The Hall–Kier alpha value is 0.110. The molecule has 1 aliphatic carbocycles. The Labute approximate surface area is 83.7 Å². The summed E-state index contributed by atoms with van der Waals surface area (Å²) in [5.41, 5.74) is 5.70. The van der Waals surface area contributed by atoms with Gasteiger partial charge in [0, 0.05) is 27.3 Å². The van der Waals surface area contributed by atoms with Crippen LogP contribution in [0.5, 0.6) is 0 Å². The van der Waals surface area contributed by atoms with Crippen LogP contribution in [0.15, 0.2) is 0 Å². The van der Waals surface area contributed by atoms with Gasteiger partial charge in [-0.2, -0.15) is 0 Å². The van der Waals surface area contributed by atoms with Crippen molar-refractivity contribution >= 4 is 10.8 Å². The van der Waals surface area contributed by atoms with E-state index in [0.717, 1.165) is 19.3 Å². The standard InChI is InChI=1S/C10H21NOS/c1-8(11)7-9(2)13(12)10-5-3-4-6-10/h8-10H,3-7,11H2,1-2H3. The van der Waals surface area contributed by atoms with Gasteiger partial charge in [0.1, 0.15) is 0 Å². The van der Waals surface area contributed by atoms with Crippen LogP contribution >= 0.6 is 0 Å². The normalized spacial score (nSPS) is 25.8. The van der Waals surface area contributed by atoms with Gasteiger partial charge >= 0.3 is 0 Å². The molecule has 3 heteroatoms. The molecule has 0 aromatic rings. The van der Waals surface area contributed by atoms with Crippen LogP contribution in [-0.2, 0) is 10.8 Å². The fourth-order valence-corrected chi connectivity index (χ4v) is 4.02. The first-order valence-corrected chi connectivity index (χ1v) is 6.54. The minimum atomic E-state index is -0.641. The third-order valence-corrected chi connectivity index (χ3v) is 4.85. The molecule has 13 heavy (non-hydrogen) atoms. The molecule has 1 saturated carbocycles. The molecule has 0 heterocycles. The molecule has 0 amide bonds. The maximum atomic E-state index is 11.9. The third kappa shape index (κ3) is 3.39. The van der Waals surface area contributed by atoms with Gasteiger partial charge in [0.15, 0.2) is 0 Å². The summed E-state index contributed by atoms with van der Waals surface area (Å²) in [4.78, 5) is 0. The molecule has 0 aromatic heterocycles. The SMILES string of the molecule is CC(N)CC(C)S(=O)C1CCCC1. The van der Waals surface area contributed by atoms with Gasteiger partial charge in [-0.25, -0.2) is 0 Å². The van der Waals surface area contributed by atoms with Crippen molar-refractivity contribution in [2.45, 2.75) is 62.5 Å². The molecule has 0 radical (unpaired) electrons. The Bertz CT molecular complexity index is 176. The third-order valence-electron chi connectivity index (χ3n) is 2.73. The van der Waals surface area contributed by atoms with Gasteiger partial charge in [-0.05, 0) is 26.2 Å². The largest absolute Gasteiger partial charge is 0.328 e. The van der Waals surface area contributed by atoms with E-state index in [1.807, 2.05) is 6.92 Å². The zero-order valence-electron chi connectivity index (χ0n) is 8.66. The van der Waals surface area contributed by atoms with Crippen LogP contribution in [0.4, 0.5) is 0 Å². The van der Waals surface area contributed by atoms with Gasteiger partial charge in [-0.3, -0.25) is 4.21 Å². The molecule has 3 atom stereocenters. The first-order chi connectivity index (χ1) is 6.11. The lowest BCUT2D eigenvalue weighted by atomic mass is 10.2. The molecule has 0 spiro atoms. The van der Waals surface area contributed by atoms with E-state index < -0.39 is 10.8 Å². The van der Waals surface area contributed by atoms with Crippen molar-refractivity contribution in [1.29, 1.82) is 0 Å². The zero-order valence-corrected chi connectivity index (χ0v) is 9.48. The van der Waals surface area contributed by atoms with Crippen LogP contribution in [0.3, 0.4) is 0 Å². The van der Waals surface area contributed by atoms with Crippen molar-refractivity contribution in [3.05, 3.63) is 0 Å². The average Bonchev–Trinajstić information content (AvgIpc) is 2.53. The number of rotatable bonds is 4. The van der Waals surface area contributed by atoms with Gasteiger partial charge in [0.2, 0.25) is 0 Å². The van der Waals surface area contributed by atoms with E-state index in [2.05, 4.69) is 6.92 Å². The molecule has 1 rings (SSSR count). The maximum Gasteiger partial charge on any atom is 0.0350 e. The Kier molecular flexibility index (Phi) is 4.39. The van der Waals surface area contributed by atoms with E-state index in [-0.39, 0.29) is 11.3 Å². The summed E-state index contributed by atoms with van der Waals surface area (Å²) in [5, 5.41) is 0.747. The topological polar surface area (TPSA) is 43.1 Å². The summed E-state index contributed by atoms with van der Waals surface area (Å²) in [5.74, 6) is 0. The van der Waals surface area contributed by atoms with E-state index in [9.17, 15) is 4.21 Å². The molecule has 2 N–H and O–H groups in total. The van der Waals surface area contributed by atoms with E-state index in [4.69, 9.17) is 5.73 Å². The Morgan fingerprint density at radius 3 is 2.38 bits per heavy atom. The first kappa shape index (κ1) is 11.2. The summed E-state index contributed by atoms with van der Waals surface area (Å²) < 4.78 is 11.9. The summed E-state index contributed by atoms with van der Waals surface area (Å²) >= 11 is 0. The van der Waals surface area contributed by atoms with Gasteiger partial charge in [-0.15, -0.1) is 0 Å². The molecule has 0 aromatic carbocycles. The minimum absolute atomic E-state index is 0.181. The summed E-state index contributed by atoms with van der Waals surface area (Å²) in [6.45, 7) is 4.06. The molecule has 0 aliphatic heterocycles. The van der Waals surface area contributed by atoms with Crippen molar-refractivity contribution in [1.82, 2.24) is 0 Å². The van der Waals surface area contributed by atoms with E-state index in [1.165, 1.54) is 12.8 Å². The average molecular weight is 203 g/mol. The highest BCUT2D eigenvalue weighted by Gasteiger charge is 2.25. The summed E-state index contributed by atoms with van der Waals surface area (Å²) in [7, 11) is -0.641. The van der Waals surface area contributed by atoms with E-state index in [0.29, 0.717) is 5.25 Å². The smallest absolute Gasteiger partial charge is 0.0350 e. The fraction of sp³-hybridized carbons (Fsp3) is 1.00. The summed E-state index contributed by atoms with van der Waals surface area (Å²) in [6.07, 6.45) is 5.75. The van der Waals surface area contributed by atoms with Crippen LogP contribution in [0, 0.1) is 0 Å². The van der Waals surface area contributed by atoms with Crippen molar-refractivity contribution in [2.24, 2.45) is 5.73 Å². The molecular weight excluding hydrogens is 182 g/mol. The molecule has 78 valence electrons. The maximum absolute atomic E-state index is 11.9.